The molecule has 0 atom stereocenters. The summed E-state index contributed by atoms with van der Waals surface area (Å²) < 4.78 is 11.6. The molecule has 0 N–H and O–H groups in total. The zero-order valence-corrected chi connectivity index (χ0v) is 16.8. The van der Waals surface area contributed by atoms with Gasteiger partial charge in [0.25, 0.3) is 0 Å². The summed E-state index contributed by atoms with van der Waals surface area (Å²) in [4.78, 5) is 38.1. The van der Waals surface area contributed by atoms with E-state index in [0.29, 0.717) is 15.1 Å². The van der Waals surface area contributed by atoms with Crippen LogP contribution in [0.4, 0.5) is 0 Å². The van der Waals surface area contributed by atoms with Crippen LogP contribution < -0.4 is 9.47 Å². The number of esters is 2. The smallest absolute Gasteiger partial charge is 0.347 e. The molecule has 0 saturated carbocycles. The standard InChI is InChI=1S/C22H14O5S2/c1-13(23)26-16-9-4-2-7-14(16)22(25)27-20-15-8-3-5-10-17(15)29-21(20)19(24)18-11-6-12-28-18/h2-12H,1H3. The average molecular weight is 422 g/mol. The summed E-state index contributed by atoms with van der Waals surface area (Å²) in [6.07, 6.45) is 0. The Morgan fingerprint density at radius 2 is 1.62 bits per heavy atom. The summed E-state index contributed by atoms with van der Waals surface area (Å²) in [5.74, 6) is -1.12. The number of ketones is 1. The molecule has 144 valence electrons. The van der Waals surface area contributed by atoms with Gasteiger partial charge >= 0.3 is 11.9 Å². The van der Waals surface area contributed by atoms with Gasteiger partial charge in [-0.2, -0.15) is 0 Å². The predicted molar refractivity (Wildman–Crippen MR) is 112 cm³/mol. The highest BCUT2D eigenvalue weighted by Gasteiger charge is 2.25. The van der Waals surface area contributed by atoms with E-state index < -0.39 is 11.9 Å². The van der Waals surface area contributed by atoms with Crippen LogP contribution in [-0.4, -0.2) is 17.7 Å². The molecule has 4 rings (SSSR count). The molecule has 0 aliphatic rings. The van der Waals surface area contributed by atoms with E-state index in [2.05, 4.69) is 0 Å². The van der Waals surface area contributed by atoms with Crippen LogP contribution in [0.5, 0.6) is 11.5 Å². The molecule has 2 heterocycles. The van der Waals surface area contributed by atoms with Gasteiger partial charge in [-0.25, -0.2) is 4.79 Å². The number of ether oxygens (including phenoxy) is 2. The summed E-state index contributed by atoms with van der Waals surface area (Å²) in [6.45, 7) is 1.26. The number of carbonyl (C=O) groups is 3. The van der Waals surface area contributed by atoms with Crippen LogP contribution in [-0.2, 0) is 4.79 Å². The molecular weight excluding hydrogens is 408 g/mol. The second-order valence-corrected chi connectivity index (χ2v) is 8.04. The lowest BCUT2D eigenvalue weighted by atomic mass is 10.2. The molecule has 0 fully saturated rings. The van der Waals surface area contributed by atoms with Crippen LogP contribution in [0.1, 0.15) is 31.8 Å². The minimum atomic E-state index is -0.703. The number of thiophene rings is 2. The van der Waals surface area contributed by atoms with Gasteiger partial charge in [0, 0.05) is 17.0 Å². The lowest BCUT2D eigenvalue weighted by Crippen LogP contribution is -2.13. The molecule has 2 aromatic heterocycles. The monoisotopic (exact) mass is 422 g/mol. The minimum absolute atomic E-state index is 0.104. The van der Waals surface area contributed by atoms with Gasteiger partial charge in [0.1, 0.15) is 16.2 Å². The highest BCUT2D eigenvalue weighted by atomic mass is 32.1. The second-order valence-electron chi connectivity index (χ2n) is 6.04. The molecule has 0 saturated heterocycles. The van der Waals surface area contributed by atoms with Crippen LogP contribution in [0.2, 0.25) is 0 Å². The normalized spacial score (nSPS) is 10.7. The molecular formula is C22H14O5S2. The van der Waals surface area contributed by atoms with Gasteiger partial charge in [-0.1, -0.05) is 30.3 Å². The maximum Gasteiger partial charge on any atom is 0.347 e. The van der Waals surface area contributed by atoms with Gasteiger partial charge < -0.3 is 9.47 Å². The average Bonchev–Trinajstić information content (AvgIpc) is 3.36. The van der Waals surface area contributed by atoms with Crippen LogP contribution >= 0.6 is 22.7 Å². The van der Waals surface area contributed by atoms with Gasteiger partial charge in [0.2, 0.25) is 5.78 Å². The summed E-state index contributed by atoms with van der Waals surface area (Å²) in [6, 6.07) is 17.2. The van der Waals surface area contributed by atoms with E-state index in [-0.39, 0.29) is 22.8 Å². The van der Waals surface area contributed by atoms with Crippen molar-refractivity contribution in [2.45, 2.75) is 6.92 Å². The Morgan fingerprint density at radius 1 is 0.862 bits per heavy atom. The summed E-state index contributed by atoms with van der Waals surface area (Å²) in [5, 5.41) is 2.50. The van der Waals surface area contributed by atoms with Crippen molar-refractivity contribution in [1.29, 1.82) is 0 Å². The molecule has 4 aromatic rings. The van der Waals surface area contributed by atoms with Crippen molar-refractivity contribution in [2.75, 3.05) is 0 Å². The molecule has 0 aliphatic carbocycles. The molecule has 0 bridgehead atoms. The van der Waals surface area contributed by atoms with Crippen molar-refractivity contribution in [1.82, 2.24) is 0 Å². The molecule has 2 aromatic carbocycles. The number of carbonyl (C=O) groups excluding carboxylic acids is 3. The van der Waals surface area contributed by atoms with Crippen molar-refractivity contribution in [3.8, 4) is 11.5 Å². The fourth-order valence-electron chi connectivity index (χ4n) is 2.82. The number of hydrogen-bond acceptors (Lipinski definition) is 7. The Hall–Kier alpha value is -3.29. The zero-order valence-electron chi connectivity index (χ0n) is 15.2. The Kier molecular flexibility index (Phi) is 5.24. The third-order valence-electron chi connectivity index (χ3n) is 4.06. The van der Waals surface area contributed by atoms with Crippen LogP contribution in [0.25, 0.3) is 10.1 Å². The zero-order chi connectivity index (χ0) is 20.4. The van der Waals surface area contributed by atoms with Crippen LogP contribution in [0, 0.1) is 0 Å². The van der Waals surface area contributed by atoms with E-state index in [4.69, 9.17) is 9.47 Å². The minimum Gasteiger partial charge on any atom is -0.426 e. The predicted octanol–water partition coefficient (Wildman–Crippen LogP) is 5.34. The van der Waals surface area contributed by atoms with E-state index >= 15 is 0 Å². The number of benzene rings is 2. The molecule has 7 heteroatoms. The quantitative estimate of drug-likeness (QED) is 0.247. The number of fused-ring (bicyclic) bond motifs is 1. The van der Waals surface area contributed by atoms with Gasteiger partial charge in [0.05, 0.1) is 4.88 Å². The van der Waals surface area contributed by atoms with E-state index in [9.17, 15) is 14.4 Å². The fourth-order valence-corrected chi connectivity index (χ4v) is 4.64. The van der Waals surface area contributed by atoms with E-state index in [1.807, 2.05) is 23.6 Å². The maximum atomic E-state index is 13.0. The Labute approximate surface area is 174 Å². The lowest BCUT2D eigenvalue weighted by Gasteiger charge is -2.09. The molecule has 0 unspecified atom stereocenters. The first-order chi connectivity index (χ1) is 14.0. The number of hydrogen-bond donors (Lipinski definition) is 0. The SMILES string of the molecule is CC(=O)Oc1ccccc1C(=O)Oc1c(C(=O)c2cccs2)sc2ccccc12. The Morgan fingerprint density at radius 3 is 2.38 bits per heavy atom. The maximum absolute atomic E-state index is 13.0. The van der Waals surface area contributed by atoms with E-state index in [0.717, 1.165) is 4.70 Å². The molecule has 0 spiro atoms. The first-order valence-electron chi connectivity index (χ1n) is 8.64. The highest BCUT2D eigenvalue weighted by molar-refractivity contribution is 7.22. The van der Waals surface area contributed by atoms with Gasteiger partial charge in [-0.15, -0.1) is 22.7 Å². The number of rotatable bonds is 5. The summed E-state index contributed by atoms with van der Waals surface area (Å²) >= 11 is 2.60. The number of para-hydroxylation sites is 1. The van der Waals surface area contributed by atoms with Crippen LogP contribution in [0.3, 0.4) is 0 Å². The molecule has 0 aliphatic heterocycles. The summed E-state index contributed by atoms with van der Waals surface area (Å²) in [7, 11) is 0. The van der Waals surface area contributed by atoms with Crippen LogP contribution in [0.15, 0.2) is 66.0 Å². The van der Waals surface area contributed by atoms with Crippen molar-refractivity contribution < 1.29 is 23.9 Å². The molecule has 0 radical (unpaired) electrons. The first kappa shape index (κ1) is 19.0. The van der Waals surface area contributed by atoms with Crippen molar-refractivity contribution in [3.05, 3.63) is 81.4 Å². The molecule has 29 heavy (non-hydrogen) atoms. The van der Waals surface area contributed by atoms with Crippen molar-refractivity contribution >= 4 is 50.5 Å². The molecule has 5 nitrogen and oxygen atoms in total. The van der Waals surface area contributed by atoms with Gasteiger partial charge in [-0.05, 0) is 35.7 Å². The van der Waals surface area contributed by atoms with Gasteiger partial charge in [-0.3, -0.25) is 9.59 Å². The topological polar surface area (TPSA) is 69.7 Å². The first-order valence-corrected chi connectivity index (χ1v) is 10.3. The van der Waals surface area contributed by atoms with E-state index in [1.165, 1.54) is 41.7 Å². The van der Waals surface area contributed by atoms with Gasteiger partial charge in [0.15, 0.2) is 5.75 Å². The van der Waals surface area contributed by atoms with Crippen molar-refractivity contribution in [3.63, 3.8) is 0 Å². The Bertz CT molecular complexity index is 1220. The fraction of sp³-hybridized carbons (Fsp3) is 0.0455. The highest BCUT2D eigenvalue weighted by Crippen LogP contribution is 2.40. The Balaban J connectivity index is 1.77. The largest absolute Gasteiger partial charge is 0.426 e. The summed E-state index contributed by atoms with van der Waals surface area (Å²) in [5.41, 5.74) is 0.104. The third-order valence-corrected chi connectivity index (χ3v) is 6.08. The van der Waals surface area contributed by atoms with E-state index in [1.54, 1.807) is 30.3 Å². The third kappa shape index (κ3) is 3.83. The molecule has 0 amide bonds. The second kappa shape index (κ2) is 7.98. The lowest BCUT2D eigenvalue weighted by molar-refractivity contribution is -0.131. The van der Waals surface area contributed by atoms with Crippen molar-refractivity contribution in [2.24, 2.45) is 0 Å².